The molecule has 2 aliphatic rings. The van der Waals surface area contributed by atoms with Gasteiger partial charge in [0.15, 0.2) is 11.6 Å². The molecule has 1 saturated carbocycles. The number of phenols is 1. The molecule has 6 rings (SSSR count). The number of phenolic OH excluding ortho intramolecular Hbond substituents is 1. The molecule has 4 aromatic rings. The second-order valence-electron chi connectivity index (χ2n) is 11.9. The fourth-order valence-corrected chi connectivity index (χ4v) is 5.82. The van der Waals surface area contributed by atoms with E-state index in [0.717, 1.165) is 44.6 Å². The van der Waals surface area contributed by atoms with Gasteiger partial charge in [0.2, 0.25) is 5.78 Å². The number of hydrogen-bond acceptors (Lipinski definition) is 11. The normalized spacial score (nSPS) is 19.2. The third-order valence-electron chi connectivity index (χ3n) is 8.42. The van der Waals surface area contributed by atoms with Crippen LogP contribution in [0.1, 0.15) is 56.8 Å². The molecule has 0 spiro atoms. The molecule has 12 heteroatoms. The number of rotatable bonds is 9. The maximum Gasteiger partial charge on any atom is 0.316 e. The van der Waals surface area contributed by atoms with E-state index in [0.29, 0.717) is 28.4 Å². The largest absolute Gasteiger partial charge is 0.507 e. The molecule has 1 atom stereocenters. The number of aromatic hydroxyl groups is 1. The number of anilines is 2. The second-order valence-corrected chi connectivity index (χ2v) is 11.9. The van der Waals surface area contributed by atoms with Gasteiger partial charge in [0, 0.05) is 50.0 Å². The van der Waals surface area contributed by atoms with Crippen LogP contribution < -0.4 is 10.6 Å². The van der Waals surface area contributed by atoms with E-state index in [9.17, 15) is 9.90 Å². The van der Waals surface area contributed by atoms with Gasteiger partial charge in [0.1, 0.15) is 24.1 Å². The van der Waals surface area contributed by atoms with Gasteiger partial charge < -0.3 is 34.5 Å². The van der Waals surface area contributed by atoms with Crippen molar-refractivity contribution in [2.75, 3.05) is 37.4 Å². The zero-order chi connectivity index (χ0) is 31.5. The number of nitrogens with zero attached hydrogens (tertiary/aromatic N) is 5. The first-order valence-corrected chi connectivity index (χ1v) is 15.3. The first-order valence-electron chi connectivity index (χ1n) is 15.3. The summed E-state index contributed by atoms with van der Waals surface area (Å²) in [6.07, 6.45) is 7.55. The number of nitrogens with two attached hydrogens (primary N) is 1. The summed E-state index contributed by atoms with van der Waals surface area (Å²) in [6.45, 7) is 5.82. The molecule has 0 bridgehead atoms. The fraction of sp³-hybridized carbons (Fsp3) is 0.455. The lowest BCUT2D eigenvalue weighted by Crippen LogP contribution is -2.43. The molecule has 45 heavy (non-hydrogen) atoms. The lowest BCUT2D eigenvalue weighted by atomic mass is 9.91. The topological polar surface area (TPSA) is 150 Å². The average molecular weight is 615 g/mol. The van der Waals surface area contributed by atoms with Crippen molar-refractivity contribution in [3.63, 3.8) is 0 Å². The van der Waals surface area contributed by atoms with Crippen LogP contribution in [-0.2, 0) is 19.0 Å². The number of methoxy groups -OCH3 is 1. The monoisotopic (exact) mass is 614 g/mol. The highest BCUT2D eigenvalue weighted by molar-refractivity contribution is 5.77. The van der Waals surface area contributed by atoms with Crippen molar-refractivity contribution in [1.29, 1.82) is 0 Å². The average Bonchev–Trinajstić information content (AvgIpc) is 3.65. The van der Waals surface area contributed by atoms with Gasteiger partial charge in [-0.15, -0.1) is 0 Å². The molecule has 0 amide bonds. The van der Waals surface area contributed by atoms with Crippen molar-refractivity contribution in [1.82, 2.24) is 19.5 Å². The predicted molar refractivity (Wildman–Crippen MR) is 167 cm³/mol. The van der Waals surface area contributed by atoms with Gasteiger partial charge in [-0.2, -0.15) is 4.98 Å². The van der Waals surface area contributed by atoms with Crippen LogP contribution in [0, 0.1) is 17.8 Å². The van der Waals surface area contributed by atoms with Gasteiger partial charge in [-0.3, -0.25) is 9.20 Å². The quantitative estimate of drug-likeness (QED) is 0.207. The number of fused-ring (bicyclic) bond motifs is 1. The molecule has 236 valence electrons. The standard InChI is InChI=1S/C33H38N6O6/c1-20(2)30(32(41)42-3)28-17-29(37-45-28)38-12-10-22(11-13-38)44-24-15-23(16-24)43-14-6-7-21-18-39-19-26(35-33(39)36-31(21)34)25-8-4-5-9-27(25)40/h4-5,8-9,17-20,22-24,30,40H,10-16H2,1-3H3,(H2,34,35,36). The predicted octanol–water partition coefficient (Wildman–Crippen LogP) is 4.17. The highest BCUT2D eigenvalue weighted by Gasteiger charge is 2.34. The molecule has 1 aromatic carbocycles. The third kappa shape index (κ3) is 6.74. The molecular formula is C33H38N6O6. The minimum absolute atomic E-state index is 0.0420. The number of carbonyl (C=O) groups is 1. The summed E-state index contributed by atoms with van der Waals surface area (Å²) in [5.41, 5.74) is 7.93. The Balaban J connectivity index is 0.934. The van der Waals surface area contributed by atoms with E-state index in [2.05, 4.69) is 31.9 Å². The number of piperidine rings is 1. The third-order valence-corrected chi connectivity index (χ3v) is 8.42. The van der Waals surface area contributed by atoms with Crippen molar-refractivity contribution in [3.05, 3.63) is 54.0 Å². The molecule has 3 N–H and O–H groups in total. The molecule has 12 nitrogen and oxygen atoms in total. The highest BCUT2D eigenvalue weighted by Crippen LogP contribution is 2.33. The minimum Gasteiger partial charge on any atom is -0.507 e. The molecule has 3 aromatic heterocycles. The summed E-state index contributed by atoms with van der Waals surface area (Å²) in [5.74, 6) is 7.51. The van der Waals surface area contributed by atoms with E-state index in [1.807, 2.05) is 26.0 Å². The molecule has 4 heterocycles. The summed E-state index contributed by atoms with van der Waals surface area (Å²) in [4.78, 5) is 23.2. The van der Waals surface area contributed by atoms with Crippen LogP contribution in [0.3, 0.4) is 0 Å². The van der Waals surface area contributed by atoms with Gasteiger partial charge in [0.05, 0.1) is 36.7 Å². The SMILES string of the molecule is COC(=O)C(c1cc(N2CCC(OC3CC(OCC#Cc4cn5cc(-c6ccccc6O)nc5nc4N)C3)CC2)no1)C(C)C. The van der Waals surface area contributed by atoms with Gasteiger partial charge in [0.25, 0.3) is 0 Å². The Bertz CT molecular complexity index is 1710. The van der Waals surface area contributed by atoms with Crippen LogP contribution in [0.4, 0.5) is 11.6 Å². The smallest absolute Gasteiger partial charge is 0.316 e. The van der Waals surface area contributed by atoms with Crippen LogP contribution in [0.5, 0.6) is 5.75 Å². The zero-order valence-corrected chi connectivity index (χ0v) is 25.7. The highest BCUT2D eigenvalue weighted by atomic mass is 16.5. The van der Waals surface area contributed by atoms with Crippen LogP contribution in [0.25, 0.3) is 17.0 Å². The molecule has 1 aliphatic heterocycles. The van der Waals surface area contributed by atoms with E-state index in [4.69, 9.17) is 24.5 Å². The number of para-hydroxylation sites is 1. The molecule has 2 fully saturated rings. The number of esters is 1. The summed E-state index contributed by atoms with van der Waals surface area (Å²) in [5, 5.41) is 14.4. The minimum atomic E-state index is -0.468. The number of nitrogen functional groups attached to an aromatic ring is 1. The van der Waals surface area contributed by atoms with Crippen LogP contribution in [0.2, 0.25) is 0 Å². The first kappa shape index (κ1) is 30.4. The van der Waals surface area contributed by atoms with Gasteiger partial charge in [-0.25, -0.2) is 4.98 Å². The van der Waals surface area contributed by atoms with E-state index in [1.54, 1.807) is 35.0 Å². The van der Waals surface area contributed by atoms with E-state index < -0.39 is 5.92 Å². The van der Waals surface area contributed by atoms with Gasteiger partial charge in [-0.05, 0) is 30.9 Å². The summed E-state index contributed by atoms with van der Waals surface area (Å²) in [7, 11) is 1.39. The van der Waals surface area contributed by atoms with E-state index in [1.165, 1.54) is 7.11 Å². The number of carbonyl (C=O) groups excluding carboxylic acids is 1. The van der Waals surface area contributed by atoms with Crippen LogP contribution in [-0.4, -0.2) is 75.7 Å². The molecule has 1 saturated heterocycles. The van der Waals surface area contributed by atoms with E-state index >= 15 is 0 Å². The summed E-state index contributed by atoms with van der Waals surface area (Å²) >= 11 is 0. The van der Waals surface area contributed by atoms with Gasteiger partial charge in [-0.1, -0.05) is 43.0 Å². The molecule has 1 aliphatic carbocycles. The van der Waals surface area contributed by atoms with Crippen molar-refractivity contribution < 1.29 is 28.6 Å². The summed E-state index contributed by atoms with van der Waals surface area (Å²) < 4.78 is 24.5. The fourth-order valence-electron chi connectivity index (χ4n) is 5.82. The summed E-state index contributed by atoms with van der Waals surface area (Å²) in [6, 6.07) is 8.87. The maximum absolute atomic E-state index is 12.2. The lowest BCUT2D eigenvalue weighted by molar-refractivity contribution is -0.144. The van der Waals surface area contributed by atoms with Crippen molar-refractivity contribution >= 4 is 23.4 Å². The number of ether oxygens (including phenoxy) is 3. The number of hydrogen-bond donors (Lipinski definition) is 2. The Morgan fingerprint density at radius 3 is 2.64 bits per heavy atom. The maximum atomic E-state index is 12.2. The van der Waals surface area contributed by atoms with Crippen molar-refractivity contribution in [2.45, 2.75) is 63.8 Å². The first-order chi connectivity index (χ1) is 21.8. The molecule has 1 unspecified atom stereocenters. The number of imidazole rings is 1. The van der Waals surface area contributed by atoms with Crippen LogP contribution in [0.15, 0.2) is 47.2 Å². The zero-order valence-electron chi connectivity index (χ0n) is 25.7. The Labute approximate surface area is 261 Å². The number of aromatic nitrogens is 4. The Kier molecular flexibility index (Phi) is 8.91. The Morgan fingerprint density at radius 1 is 1.13 bits per heavy atom. The molecule has 0 radical (unpaired) electrons. The van der Waals surface area contributed by atoms with Gasteiger partial charge >= 0.3 is 5.97 Å². The Hall–Kier alpha value is -4.60. The van der Waals surface area contributed by atoms with Crippen LogP contribution >= 0.6 is 0 Å². The van der Waals surface area contributed by atoms with E-state index in [-0.39, 0.29) is 48.4 Å². The van der Waals surface area contributed by atoms with Crippen molar-refractivity contribution in [3.8, 4) is 28.8 Å². The van der Waals surface area contributed by atoms with Crippen molar-refractivity contribution in [2.24, 2.45) is 5.92 Å². The lowest BCUT2D eigenvalue weighted by Gasteiger charge is -2.39. The second kappa shape index (κ2) is 13.2. The Morgan fingerprint density at radius 2 is 1.91 bits per heavy atom. The molecular weight excluding hydrogens is 576 g/mol. The number of benzene rings is 1.